The van der Waals surface area contributed by atoms with Crippen LogP contribution in [-0.4, -0.2) is 73.5 Å². The second-order valence-electron chi connectivity index (χ2n) is 15.7. The minimum Gasteiger partial charge on any atom is -0.384 e. The quantitative estimate of drug-likeness (QED) is 0.0595. The van der Waals surface area contributed by atoms with Crippen LogP contribution in [0.3, 0.4) is 0 Å². The summed E-state index contributed by atoms with van der Waals surface area (Å²) in [5, 5.41) is 15.7. The van der Waals surface area contributed by atoms with E-state index in [9.17, 15) is 0 Å². The summed E-state index contributed by atoms with van der Waals surface area (Å²) in [6.45, 7) is 12.8. The molecule has 0 atom stereocenters. The zero-order chi connectivity index (χ0) is 42.0. The number of halogens is 1. The van der Waals surface area contributed by atoms with Crippen molar-refractivity contribution in [1.29, 1.82) is 0 Å². The molecule has 13 nitrogen and oxygen atoms in total. The van der Waals surface area contributed by atoms with Gasteiger partial charge in [0.1, 0.15) is 28.6 Å². The van der Waals surface area contributed by atoms with Gasteiger partial charge in [-0.3, -0.25) is 8.80 Å². The summed E-state index contributed by atoms with van der Waals surface area (Å²) in [4.78, 5) is 34.2. The van der Waals surface area contributed by atoms with Crippen molar-refractivity contribution in [2.45, 2.75) is 51.4 Å². The van der Waals surface area contributed by atoms with Crippen LogP contribution in [0, 0.1) is 11.8 Å². The van der Waals surface area contributed by atoms with Crippen molar-refractivity contribution >= 4 is 38.9 Å². The number of fused-ring (bicyclic) bond motifs is 2. The maximum absolute atomic E-state index is 9.08. The fourth-order valence-corrected chi connectivity index (χ4v) is 7.39. The molecule has 0 saturated heterocycles. The van der Waals surface area contributed by atoms with Crippen LogP contribution >= 0.6 is 15.9 Å². The van der Waals surface area contributed by atoms with Crippen molar-refractivity contribution < 1.29 is 5.11 Å². The Hall–Kier alpha value is -6.82. The Morgan fingerprint density at radius 2 is 1.15 bits per heavy atom. The van der Waals surface area contributed by atoms with E-state index in [1.807, 2.05) is 59.8 Å². The molecule has 2 aliphatic rings. The molecule has 0 spiro atoms. The van der Waals surface area contributed by atoms with E-state index in [2.05, 4.69) is 140 Å². The van der Waals surface area contributed by atoms with E-state index in [-0.39, 0.29) is 6.61 Å². The molecule has 2 aromatic carbocycles. The predicted octanol–water partition coefficient (Wildman–Crippen LogP) is 9.41. The van der Waals surface area contributed by atoms with Crippen LogP contribution in [-0.2, 0) is 0 Å². The van der Waals surface area contributed by atoms with Crippen LogP contribution < -0.4 is 10.6 Å². The number of aromatic nitrogens is 10. The second kappa shape index (κ2) is 17.0. The lowest BCUT2D eigenvalue weighted by Crippen LogP contribution is -2.07. The number of aliphatic hydroxyl groups is 1. The minimum absolute atomic E-state index is 0.220. The first-order valence-electron chi connectivity index (χ1n) is 20.3. The smallest absolute Gasteiger partial charge is 0.180 e. The Balaban J connectivity index is 0.000000157. The Morgan fingerprint density at radius 3 is 1.61 bits per heavy atom. The van der Waals surface area contributed by atoms with Crippen LogP contribution in [0.15, 0.2) is 115 Å². The molecule has 10 rings (SSSR count). The fourth-order valence-electron chi connectivity index (χ4n) is 7.01. The highest BCUT2D eigenvalue weighted by molar-refractivity contribution is 9.10. The minimum atomic E-state index is -0.220. The molecule has 2 aliphatic carbocycles. The van der Waals surface area contributed by atoms with Gasteiger partial charge in [-0.1, -0.05) is 78.8 Å². The molecule has 14 heteroatoms. The summed E-state index contributed by atoms with van der Waals surface area (Å²) in [5.41, 5.74) is 12.5. The van der Waals surface area contributed by atoms with E-state index in [0.29, 0.717) is 42.1 Å². The van der Waals surface area contributed by atoms with Gasteiger partial charge < -0.3 is 25.7 Å². The third-order valence-electron chi connectivity index (χ3n) is 10.5. The van der Waals surface area contributed by atoms with Crippen molar-refractivity contribution in [3.05, 3.63) is 132 Å². The number of anilines is 2. The van der Waals surface area contributed by atoms with Gasteiger partial charge >= 0.3 is 0 Å². The Bertz CT molecular complexity index is 2950. The van der Waals surface area contributed by atoms with E-state index in [0.717, 1.165) is 83.9 Å². The molecule has 8 aromatic rings. The molecular formula is C47H45BrN12O. The third-order valence-corrected chi connectivity index (χ3v) is 10.9. The average molecular weight is 874 g/mol. The van der Waals surface area contributed by atoms with E-state index < -0.39 is 0 Å². The lowest BCUT2D eigenvalue weighted by atomic mass is 10.1. The Morgan fingerprint density at radius 1 is 0.689 bits per heavy atom. The number of H-pyrrole nitrogens is 2. The Kier molecular flexibility index (Phi) is 11.1. The van der Waals surface area contributed by atoms with Crippen molar-refractivity contribution in [3.63, 3.8) is 0 Å². The second-order valence-corrected chi connectivity index (χ2v) is 16.5. The summed E-state index contributed by atoms with van der Waals surface area (Å²) in [7, 11) is 0. The number of benzene rings is 2. The highest BCUT2D eigenvalue weighted by Gasteiger charge is 2.27. The number of hydrogen-bond acceptors (Lipinski definition) is 9. The number of nitrogens with one attached hydrogen (secondary N) is 4. The topological polar surface area (TPSA) is 162 Å². The van der Waals surface area contributed by atoms with Gasteiger partial charge in [-0.2, -0.15) is 0 Å². The van der Waals surface area contributed by atoms with E-state index in [1.54, 1.807) is 0 Å². The van der Waals surface area contributed by atoms with Crippen molar-refractivity contribution in [2.75, 3.05) is 30.3 Å². The first kappa shape index (κ1) is 39.6. The van der Waals surface area contributed by atoms with Gasteiger partial charge in [0.25, 0.3) is 0 Å². The fraction of sp³-hybridized carbons (Fsp3) is 0.234. The number of imidazole rings is 4. The van der Waals surface area contributed by atoms with Gasteiger partial charge in [0.05, 0.1) is 47.6 Å². The van der Waals surface area contributed by atoms with Crippen LogP contribution in [0.25, 0.3) is 56.3 Å². The van der Waals surface area contributed by atoms with Gasteiger partial charge in [-0.25, -0.2) is 29.9 Å². The molecule has 61 heavy (non-hydrogen) atoms. The molecule has 2 saturated carbocycles. The van der Waals surface area contributed by atoms with E-state index in [1.165, 1.54) is 25.7 Å². The van der Waals surface area contributed by atoms with Crippen molar-refractivity contribution in [1.82, 2.24) is 48.7 Å². The van der Waals surface area contributed by atoms with Crippen LogP contribution in [0.2, 0.25) is 0 Å². The molecule has 0 unspecified atom stereocenters. The average Bonchev–Trinajstić information content (AvgIpc) is 4.06. The number of aliphatic hydroxyl groups excluding tert-OH is 1. The largest absolute Gasteiger partial charge is 0.384 e. The molecule has 306 valence electrons. The molecule has 0 radical (unpaired) electrons. The summed E-state index contributed by atoms with van der Waals surface area (Å²) in [6, 6.07) is 16.8. The molecule has 6 aromatic heterocycles. The van der Waals surface area contributed by atoms with Gasteiger partial charge in [0.2, 0.25) is 0 Å². The number of hydrogen-bond donors (Lipinski definition) is 5. The number of aromatic amines is 2. The molecule has 6 heterocycles. The lowest BCUT2D eigenvalue weighted by molar-refractivity contribution is 0.350. The first-order chi connectivity index (χ1) is 29.7. The van der Waals surface area contributed by atoms with Crippen molar-refractivity contribution in [2.24, 2.45) is 0 Å². The SMILES string of the molecule is C=C(C)CNc1nc(Br)cn2c(-c3ccc(-c4cnc(C5CC5)[nH]4)cc3)cnc12.C=C(C)CNc1nc(C#CCO)cn2c(-c3ccc(-c4cnc(C5CC5)[nH]4)cc3)cnc12. The molecular weight excluding hydrogens is 829 g/mol. The number of nitrogens with zero attached hydrogens (tertiary/aromatic N) is 8. The van der Waals surface area contributed by atoms with E-state index >= 15 is 0 Å². The molecule has 2 fully saturated rings. The van der Waals surface area contributed by atoms with Crippen LogP contribution in [0.5, 0.6) is 0 Å². The highest BCUT2D eigenvalue weighted by Crippen LogP contribution is 2.40. The first-order valence-corrected chi connectivity index (χ1v) is 21.1. The third kappa shape index (κ3) is 8.89. The zero-order valence-corrected chi connectivity index (χ0v) is 35.6. The standard InChI is InChI=1S/C25H24N6O.C22H21BrN6/c1-16(2)12-26-24-25-28-14-22(31(25)15-20(29-24)4-3-11-32)18-7-5-17(6-8-18)21-13-27-23(30-21)19-9-10-19;1-13(2)9-24-21-22-26-11-18(29(22)12-19(23)28-21)15-5-3-14(4-6-15)17-10-25-20(27-17)16-7-8-16/h5-8,13-15,19,32H,1,9-12H2,2H3,(H,26,29)(H,27,30);3-6,10-12,16H,1,7-9H2,2H3,(H,24,28)(H,25,27). The normalized spacial score (nSPS) is 13.4. The monoisotopic (exact) mass is 872 g/mol. The summed E-state index contributed by atoms with van der Waals surface area (Å²) in [5.74, 6) is 10.4. The summed E-state index contributed by atoms with van der Waals surface area (Å²) in [6.07, 6.45) is 16.3. The van der Waals surface area contributed by atoms with Crippen LogP contribution in [0.4, 0.5) is 11.6 Å². The summed E-state index contributed by atoms with van der Waals surface area (Å²) >= 11 is 3.51. The van der Waals surface area contributed by atoms with E-state index in [4.69, 9.17) is 5.11 Å². The number of rotatable bonds is 12. The van der Waals surface area contributed by atoms with Gasteiger partial charge in [-0.15, -0.1) is 0 Å². The molecule has 0 amide bonds. The Labute approximate surface area is 361 Å². The van der Waals surface area contributed by atoms with Gasteiger partial charge in [-0.05, 0) is 72.5 Å². The van der Waals surface area contributed by atoms with Gasteiger partial charge in [0, 0.05) is 48.4 Å². The maximum Gasteiger partial charge on any atom is 0.180 e. The molecule has 5 N–H and O–H groups in total. The highest BCUT2D eigenvalue weighted by atomic mass is 79.9. The summed E-state index contributed by atoms with van der Waals surface area (Å²) < 4.78 is 4.77. The maximum atomic E-state index is 9.08. The molecule has 0 bridgehead atoms. The lowest BCUT2D eigenvalue weighted by Gasteiger charge is -2.09. The predicted molar refractivity (Wildman–Crippen MR) is 244 cm³/mol. The zero-order valence-electron chi connectivity index (χ0n) is 34.0. The van der Waals surface area contributed by atoms with Gasteiger partial charge in [0.15, 0.2) is 22.9 Å². The van der Waals surface area contributed by atoms with Crippen LogP contribution in [0.1, 0.15) is 68.7 Å². The van der Waals surface area contributed by atoms with Crippen molar-refractivity contribution in [3.8, 4) is 56.9 Å². The molecule has 0 aliphatic heterocycles.